The van der Waals surface area contributed by atoms with Gasteiger partial charge in [0.1, 0.15) is 31.1 Å². The van der Waals surface area contributed by atoms with Crippen LogP contribution in [-0.2, 0) is 10.8 Å². The lowest BCUT2D eigenvalue weighted by Crippen LogP contribution is -2.59. The first-order valence-corrected chi connectivity index (χ1v) is 19.4. The van der Waals surface area contributed by atoms with Crippen molar-refractivity contribution >= 4 is 58.6 Å². The van der Waals surface area contributed by atoms with Crippen molar-refractivity contribution in [3.8, 4) is 23.0 Å². The molecule has 0 aromatic heterocycles. The van der Waals surface area contributed by atoms with E-state index in [0.29, 0.717) is 0 Å². The number of fused-ring (bicyclic) bond motifs is 8. The van der Waals surface area contributed by atoms with Crippen LogP contribution in [0.1, 0.15) is 51.7 Å². The molecule has 222 valence electrons. The Labute approximate surface area is 267 Å². The van der Waals surface area contributed by atoms with E-state index in [0.717, 1.165) is 41.5 Å². The Hall–Kier alpha value is -4.22. The highest BCUT2D eigenvalue weighted by molar-refractivity contribution is 7.02. The molecule has 0 radical (unpaired) electrons. The van der Waals surface area contributed by atoms with E-state index in [1.165, 1.54) is 49.3 Å². The summed E-state index contributed by atoms with van der Waals surface area (Å²) in [7, 11) is -1.87. The molecule has 9 rings (SSSR count). The molecular weight excluding hydrogens is 565 g/mol. The summed E-state index contributed by atoms with van der Waals surface area (Å²) in [6, 6.07) is 35.8. The molecule has 3 nitrogen and oxygen atoms in total. The molecule has 5 aromatic carbocycles. The van der Waals surface area contributed by atoms with Gasteiger partial charge in [0, 0.05) is 28.1 Å². The van der Waals surface area contributed by atoms with E-state index < -0.39 is 8.07 Å². The topological polar surface area (TPSA) is 21.7 Å². The van der Waals surface area contributed by atoms with Gasteiger partial charge in [0.25, 0.3) is 6.71 Å². The van der Waals surface area contributed by atoms with Gasteiger partial charge in [-0.3, -0.25) is 0 Å². The van der Waals surface area contributed by atoms with Crippen LogP contribution in [0, 0.1) is 0 Å². The van der Waals surface area contributed by atoms with Gasteiger partial charge in [-0.15, -0.1) is 0 Å². The van der Waals surface area contributed by atoms with Crippen LogP contribution in [0.15, 0.2) is 97.1 Å². The van der Waals surface area contributed by atoms with Crippen molar-refractivity contribution in [2.24, 2.45) is 0 Å². The summed E-state index contributed by atoms with van der Waals surface area (Å²) >= 11 is 0. The van der Waals surface area contributed by atoms with Crippen molar-refractivity contribution in [2.45, 2.75) is 64.5 Å². The number of ether oxygens (including phenoxy) is 2. The lowest BCUT2D eigenvalue weighted by molar-refractivity contribution is 0.318. The largest absolute Gasteiger partial charge is 0.458 e. The average molecular weight is 604 g/mol. The Kier molecular flexibility index (Phi) is 5.39. The summed E-state index contributed by atoms with van der Waals surface area (Å²) in [5.74, 6) is 3.84. The third-order valence-corrected chi connectivity index (χ3v) is 14.8. The summed E-state index contributed by atoms with van der Waals surface area (Å²) in [4.78, 5) is 2.48. The Morgan fingerprint density at radius 2 is 1.27 bits per heavy atom. The zero-order valence-corrected chi connectivity index (χ0v) is 28.0. The minimum absolute atomic E-state index is 0.00604. The number of para-hydroxylation sites is 3. The SMILES string of the molecule is CC1(C)CCC(C)(C)c2c1cc1c3c2Oc2ccc(N4c5ccccc5[Si](C)(C)c5ccccc54)cc2B3c2ccccc2O1. The van der Waals surface area contributed by atoms with E-state index >= 15 is 0 Å². The molecular formula is C40H38BNO2Si. The summed E-state index contributed by atoms with van der Waals surface area (Å²) in [5, 5.41) is 2.94. The van der Waals surface area contributed by atoms with Crippen molar-refractivity contribution in [3.05, 3.63) is 108 Å². The van der Waals surface area contributed by atoms with E-state index in [1.54, 1.807) is 0 Å². The fourth-order valence-corrected chi connectivity index (χ4v) is 11.7. The molecule has 0 unspecified atom stereocenters. The molecule has 1 aliphatic carbocycles. The highest BCUT2D eigenvalue weighted by Crippen LogP contribution is 2.53. The minimum Gasteiger partial charge on any atom is -0.458 e. The molecule has 0 saturated carbocycles. The number of anilines is 3. The van der Waals surface area contributed by atoms with Gasteiger partial charge in [-0.05, 0) is 93.0 Å². The summed E-state index contributed by atoms with van der Waals surface area (Å²) < 4.78 is 13.8. The van der Waals surface area contributed by atoms with Crippen molar-refractivity contribution in [3.63, 3.8) is 0 Å². The van der Waals surface area contributed by atoms with Crippen LogP contribution in [-0.4, -0.2) is 14.8 Å². The second-order valence-electron chi connectivity index (χ2n) is 15.2. The first kappa shape index (κ1) is 27.1. The average Bonchev–Trinajstić information content (AvgIpc) is 3.03. The molecule has 0 amide bonds. The van der Waals surface area contributed by atoms with Gasteiger partial charge in [-0.1, -0.05) is 95.4 Å². The van der Waals surface area contributed by atoms with Crippen LogP contribution in [0.3, 0.4) is 0 Å². The molecule has 5 heteroatoms. The highest BCUT2D eigenvalue weighted by atomic mass is 28.3. The number of benzene rings is 5. The predicted molar refractivity (Wildman–Crippen MR) is 191 cm³/mol. The fourth-order valence-electron chi connectivity index (χ4n) is 8.66. The van der Waals surface area contributed by atoms with Gasteiger partial charge in [-0.2, -0.15) is 0 Å². The smallest absolute Gasteiger partial charge is 0.260 e. The van der Waals surface area contributed by atoms with Crippen LogP contribution in [0.25, 0.3) is 0 Å². The summed E-state index contributed by atoms with van der Waals surface area (Å²) in [5.41, 5.74) is 10.1. The van der Waals surface area contributed by atoms with Gasteiger partial charge in [-0.25, -0.2) is 0 Å². The maximum Gasteiger partial charge on any atom is 0.260 e. The maximum atomic E-state index is 7.09. The van der Waals surface area contributed by atoms with Gasteiger partial charge >= 0.3 is 0 Å². The zero-order valence-electron chi connectivity index (χ0n) is 27.0. The van der Waals surface area contributed by atoms with Gasteiger partial charge in [0.15, 0.2) is 0 Å². The van der Waals surface area contributed by atoms with Crippen LogP contribution < -0.4 is 41.1 Å². The summed E-state index contributed by atoms with van der Waals surface area (Å²) in [6.07, 6.45) is 2.27. The molecule has 0 atom stereocenters. The van der Waals surface area contributed by atoms with E-state index in [9.17, 15) is 0 Å². The lowest BCUT2D eigenvalue weighted by atomic mass is 9.34. The van der Waals surface area contributed by atoms with Gasteiger partial charge in [0.05, 0.1) is 0 Å². The molecule has 45 heavy (non-hydrogen) atoms. The number of rotatable bonds is 1. The third kappa shape index (κ3) is 3.65. The van der Waals surface area contributed by atoms with Crippen LogP contribution in [0.2, 0.25) is 13.1 Å². The number of nitrogens with zero attached hydrogens (tertiary/aromatic N) is 1. The second kappa shape index (κ2) is 8.95. The normalized spacial score (nSPS) is 18.6. The molecule has 0 spiro atoms. The van der Waals surface area contributed by atoms with E-state index in [2.05, 4.69) is 143 Å². The maximum absolute atomic E-state index is 7.09. The first-order valence-electron chi connectivity index (χ1n) is 16.4. The van der Waals surface area contributed by atoms with Crippen molar-refractivity contribution in [1.82, 2.24) is 0 Å². The Balaban J connectivity index is 1.30. The molecule has 5 aromatic rings. The monoisotopic (exact) mass is 603 g/mol. The number of hydrogen-bond acceptors (Lipinski definition) is 3. The van der Waals surface area contributed by atoms with Crippen molar-refractivity contribution < 1.29 is 9.47 Å². The molecule has 0 N–H and O–H groups in total. The van der Waals surface area contributed by atoms with Crippen molar-refractivity contribution in [2.75, 3.05) is 4.90 Å². The molecule has 4 aliphatic rings. The number of hydrogen-bond donors (Lipinski definition) is 0. The third-order valence-electron chi connectivity index (χ3n) is 11.2. The van der Waals surface area contributed by atoms with E-state index in [4.69, 9.17) is 9.47 Å². The Morgan fingerprint density at radius 1 is 0.644 bits per heavy atom. The lowest BCUT2D eigenvalue weighted by Gasteiger charge is -2.45. The van der Waals surface area contributed by atoms with Gasteiger partial charge in [0.2, 0.25) is 0 Å². The molecule has 0 bridgehead atoms. The van der Waals surface area contributed by atoms with Crippen LogP contribution in [0.5, 0.6) is 23.0 Å². The zero-order chi connectivity index (χ0) is 30.9. The standard InChI is InChI=1S/C40H38BNO2Si/c1-39(2)21-22-40(3,4)36-26(39)24-33-37-38(36)44-32-20-19-25(23-28(32)41(37)27-13-7-10-16-31(27)43-33)42-29-14-8-11-17-34(29)45(5,6)35-18-12-9-15-30(35)42/h7-20,23-24H,21-22H2,1-6H3. The Bertz CT molecular complexity index is 2030. The highest BCUT2D eigenvalue weighted by Gasteiger charge is 2.48. The Morgan fingerprint density at radius 3 is 2.00 bits per heavy atom. The van der Waals surface area contributed by atoms with Gasteiger partial charge < -0.3 is 14.4 Å². The predicted octanol–water partition coefficient (Wildman–Crippen LogP) is 7.37. The quantitative estimate of drug-likeness (QED) is 0.183. The van der Waals surface area contributed by atoms with E-state index in [-0.39, 0.29) is 17.5 Å². The van der Waals surface area contributed by atoms with E-state index in [1.807, 2.05) is 0 Å². The molecule has 3 aliphatic heterocycles. The van der Waals surface area contributed by atoms with Crippen LogP contribution >= 0.6 is 0 Å². The minimum atomic E-state index is -1.87. The first-order chi connectivity index (χ1) is 21.6. The fraction of sp³-hybridized carbons (Fsp3) is 0.250. The molecule has 3 heterocycles. The molecule has 0 fully saturated rings. The van der Waals surface area contributed by atoms with Crippen LogP contribution in [0.4, 0.5) is 17.1 Å². The second-order valence-corrected chi connectivity index (χ2v) is 19.5. The summed E-state index contributed by atoms with van der Waals surface area (Å²) in [6.45, 7) is 14.5. The van der Waals surface area contributed by atoms with Crippen molar-refractivity contribution in [1.29, 1.82) is 0 Å². The molecule has 0 saturated heterocycles.